The third-order valence-electron chi connectivity index (χ3n) is 3.84. The van der Waals surface area contributed by atoms with E-state index < -0.39 is 0 Å². The van der Waals surface area contributed by atoms with Gasteiger partial charge in [-0.25, -0.2) is 0 Å². The predicted octanol–water partition coefficient (Wildman–Crippen LogP) is 2.85. The molecule has 2 atom stereocenters. The molecule has 1 saturated heterocycles. The van der Waals surface area contributed by atoms with E-state index in [2.05, 4.69) is 0 Å². The van der Waals surface area contributed by atoms with Crippen molar-refractivity contribution in [3.05, 3.63) is 34.3 Å². The number of aryl methyl sites for hydroxylation is 1. The molecule has 0 bridgehead atoms. The van der Waals surface area contributed by atoms with Gasteiger partial charge in [-0.2, -0.15) is 0 Å². The molecule has 1 aromatic rings. The summed E-state index contributed by atoms with van der Waals surface area (Å²) in [4.78, 5) is 14.4. The fraction of sp³-hybridized carbons (Fsp3) is 0.533. The van der Waals surface area contributed by atoms with Gasteiger partial charge in [-0.15, -0.1) is 0 Å². The fourth-order valence-electron chi connectivity index (χ4n) is 2.59. The molecule has 2 N–H and O–H groups in total. The minimum Gasteiger partial charge on any atom is -0.338 e. The standard InChI is InChI=1S/C15H21ClN2O/c1-10-5-6-13(14(16)8-10)15(19)18-7-3-4-12(9-18)11(2)17/h5-6,8,11-12H,3-4,7,9,17H2,1-2H3. The van der Waals surface area contributed by atoms with Crippen molar-refractivity contribution in [2.24, 2.45) is 11.7 Å². The Morgan fingerprint density at radius 3 is 2.89 bits per heavy atom. The van der Waals surface area contributed by atoms with Crippen LogP contribution in [0.15, 0.2) is 18.2 Å². The van der Waals surface area contributed by atoms with Crippen LogP contribution in [0.5, 0.6) is 0 Å². The van der Waals surface area contributed by atoms with Crippen LogP contribution in [-0.2, 0) is 0 Å². The van der Waals surface area contributed by atoms with Gasteiger partial charge in [0.15, 0.2) is 0 Å². The molecule has 1 aromatic carbocycles. The Morgan fingerprint density at radius 1 is 1.53 bits per heavy atom. The normalized spacial score (nSPS) is 21.3. The maximum Gasteiger partial charge on any atom is 0.255 e. The second-order valence-electron chi connectivity index (χ2n) is 5.50. The smallest absolute Gasteiger partial charge is 0.255 e. The lowest BCUT2D eigenvalue weighted by atomic mass is 9.92. The first-order valence-corrected chi connectivity index (χ1v) is 7.18. The van der Waals surface area contributed by atoms with Crippen LogP contribution in [0.1, 0.15) is 35.7 Å². The number of benzene rings is 1. The van der Waals surface area contributed by atoms with E-state index in [0.29, 0.717) is 16.5 Å². The lowest BCUT2D eigenvalue weighted by molar-refractivity contribution is 0.0661. The van der Waals surface area contributed by atoms with Gasteiger partial charge in [-0.05, 0) is 50.3 Å². The number of hydrogen-bond donors (Lipinski definition) is 1. The topological polar surface area (TPSA) is 46.3 Å². The van der Waals surface area contributed by atoms with Crippen LogP contribution in [-0.4, -0.2) is 29.9 Å². The quantitative estimate of drug-likeness (QED) is 0.905. The molecular formula is C15H21ClN2O. The summed E-state index contributed by atoms with van der Waals surface area (Å²) in [5.74, 6) is 0.414. The molecule has 2 rings (SSSR count). The van der Waals surface area contributed by atoms with Crippen LogP contribution in [0.3, 0.4) is 0 Å². The molecule has 4 heteroatoms. The van der Waals surface area contributed by atoms with Crippen molar-refractivity contribution in [1.29, 1.82) is 0 Å². The van der Waals surface area contributed by atoms with Crippen molar-refractivity contribution >= 4 is 17.5 Å². The van der Waals surface area contributed by atoms with Gasteiger partial charge in [0, 0.05) is 19.1 Å². The molecule has 104 valence electrons. The van der Waals surface area contributed by atoms with Gasteiger partial charge in [0.05, 0.1) is 10.6 Å². The summed E-state index contributed by atoms with van der Waals surface area (Å²) in [5, 5.41) is 0.535. The molecule has 1 heterocycles. The number of carbonyl (C=O) groups is 1. The second-order valence-corrected chi connectivity index (χ2v) is 5.90. The Kier molecular flexibility index (Phi) is 4.48. The Bertz CT molecular complexity index is 473. The average molecular weight is 281 g/mol. The minimum atomic E-state index is 0.0235. The third-order valence-corrected chi connectivity index (χ3v) is 4.16. The zero-order valence-corrected chi connectivity index (χ0v) is 12.3. The van der Waals surface area contributed by atoms with E-state index >= 15 is 0 Å². The van der Waals surface area contributed by atoms with Crippen molar-refractivity contribution in [2.75, 3.05) is 13.1 Å². The number of nitrogens with two attached hydrogens (primary N) is 1. The average Bonchev–Trinajstić information content (AvgIpc) is 2.38. The van der Waals surface area contributed by atoms with E-state index in [-0.39, 0.29) is 11.9 Å². The first-order valence-electron chi connectivity index (χ1n) is 6.80. The maximum atomic E-state index is 12.5. The summed E-state index contributed by atoms with van der Waals surface area (Å²) >= 11 is 6.17. The van der Waals surface area contributed by atoms with Crippen molar-refractivity contribution < 1.29 is 4.79 Å². The first kappa shape index (κ1) is 14.4. The van der Waals surface area contributed by atoms with E-state index in [1.165, 1.54) is 0 Å². The summed E-state index contributed by atoms with van der Waals surface area (Å²) in [6.07, 6.45) is 2.12. The van der Waals surface area contributed by atoms with Gasteiger partial charge in [0.1, 0.15) is 0 Å². The van der Waals surface area contributed by atoms with Gasteiger partial charge >= 0.3 is 0 Å². The Balaban J connectivity index is 2.15. The van der Waals surface area contributed by atoms with Gasteiger partial charge in [0.25, 0.3) is 5.91 Å². The predicted molar refractivity (Wildman–Crippen MR) is 78.5 cm³/mol. The molecular weight excluding hydrogens is 260 g/mol. The van der Waals surface area contributed by atoms with Crippen LogP contribution < -0.4 is 5.73 Å². The van der Waals surface area contributed by atoms with Gasteiger partial charge < -0.3 is 10.6 Å². The number of rotatable bonds is 2. The molecule has 1 amide bonds. The summed E-state index contributed by atoms with van der Waals surface area (Å²) in [6.45, 7) is 5.51. The van der Waals surface area contributed by atoms with Crippen LogP contribution in [0.4, 0.5) is 0 Å². The number of carbonyl (C=O) groups excluding carboxylic acids is 1. The number of likely N-dealkylation sites (tertiary alicyclic amines) is 1. The van der Waals surface area contributed by atoms with E-state index in [1.54, 1.807) is 0 Å². The summed E-state index contributed by atoms with van der Waals surface area (Å²) < 4.78 is 0. The molecule has 1 aliphatic heterocycles. The van der Waals surface area contributed by atoms with E-state index in [0.717, 1.165) is 31.5 Å². The Hall–Kier alpha value is -1.06. The molecule has 1 aliphatic rings. The van der Waals surface area contributed by atoms with Crippen LogP contribution in [0, 0.1) is 12.8 Å². The fourth-order valence-corrected chi connectivity index (χ4v) is 2.90. The first-order chi connectivity index (χ1) is 8.99. The van der Waals surface area contributed by atoms with Crippen LogP contribution in [0.2, 0.25) is 5.02 Å². The highest BCUT2D eigenvalue weighted by atomic mass is 35.5. The largest absolute Gasteiger partial charge is 0.338 e. The van der Waals surface area contributed by atoms with Gasteiger partial charge in [0.2, 0.25) is 0 Å². The zero-order valence-electron chi connectivity index (χ0n) is 11.5. The maximum absolute atomic E-state index is 12.5. The molecule has 0 aromatic heterocycles. The van der Waals surface area contributed by atoms with E-state index in [9.17, 15) is 4.79 Å². The van der Waals surface area contributed by atoms with E-state index in [4.69, 9.17) is 17.3 Å². The SMILES string of the molecule is Cc1ccc(C(=O)N2CCCC(C(C)N)C2)c(Cl)c1. The molecule has 2 unspecified atom stereocenters. The third kappa shape index (κ3) is 3.28. The molecule has 0 spiro atoms. The van der Waals surface area contributed by atoms with Crippen LogP contribution >= 0.6 is 11.6 Å². The Morgan fingerprint density at radius 2 is 2.26 bits per heavy atom. The number of amides is 1. The number of hydrogen-bond acceptors (Lipinski definition) is 2. The lowest BCUT2D eigenvalue weighted by Gasteiger charge is -2.34. The van der Waals surface area contributed by atoms with Gasteiger partial charge in [-0.3, -0.25) is 4.79 Å². The highest BCUT2D eigenvalue weighted by Crippen LogP contribution is 2.24. The summed E-state index contributed by atoms with van der Waals surface area (Å²) in [6, 6.07) is 5.70. The minimum absolute atomic E-state index is 0.0235. The molecule has 0 aliphatic carbocycles. The summed E-state index contributed by atoms with van der Waals surface area (Å²) in [7, 11) is 0. The van der Waals surface area contributed by atoms with Crippen LogP contribution in [0.25, 0.3) is 0 Å². The summed E-state index contributed by atoms with van der Waals surface area (Å²) in [5.41, 5.74) is 7.61. The monoisotopic (exact) mass is 280 g/mol. The van der Waals surface area contributed by atoms with E-state index in [1.807, 2.05) is 36.9 Å². The van der Waals surface area contributed by atoms with Crippen molar-refractivity contribution in [3.8, 4) is 0 Å². The zero-order chi connectivity index (χ0) is 14.0. The molecule has 3 nitrogen and oxygen atoms in total. The number of piperidine rings is 1. The highest BCUT2D eigenvalue weighted by Gasteiger charge is 2.27. The lowest BCUT2D eigenvalue weighted by Crippen LogP contribution is -2.45. The molecule has 0 radical (unpaired) electrons. The second kappa shape index (κ2) is 5.93. The highest BCUT2D eigenvalue weighted by molar-refractivity contribution is 6.33. The van der Waals surface area contributed by atoms with Gasteiger partial charge in [-0.1, -0.05) is 17.7 Å². The van der Waals surface area contributed by atoms with Crippen molar-refractivity contribution in [1.82, 2.24) is 4.90 Å². The molecule has 19 heavy (non-hydrogen) atoms. The number of halogens is 1. The Labute approximate surface area is 119 Å². The molecule has 0 saturated carbocycles. The number of nitrogens with zero attached hydrogens (tertiary/aromatic N) is 1. The van der Waals surface area contributed by atoms with Crippen molar-refractivity contribution in [2.45, 2.75) is 32.7 Å². The van der Waals surface area contributed by atoms with Crippen molar-refractivity contribution in [3.63, 3.8) is 0 Å². The molecule has 1 fully saturated rings.